The van der Waals surface area contributed by atoms with Crippen LogP contribution in [0.1, 0.15) is 23.8 Å². The van der Waals surface area contributed by atoms with Crippen LogP contribution in [-0.4, -0.2) is 31.8 Å². The molecule has 0 fully saturated rings. The molecule has 0 atom stereocenters. The Balaban J connectivity index is 1.43. The third-order valence-corrected chi connectivity index (χ3v) is 5.12. The Morgan fingerprint density at radius 3 is 2.93 bits per heavy atom. The Hall–Kier alpha value is -3.94. The standard InChI is InChI=1S/C22H19N5O3/c1-29-15-6-7-16-18(11-15)23-10-9-19(16)30-13-21-26-25-20-8-5-14(12-27(20)21)17-3-2-4-22(28)24-17/h2-4,6-7,9-12H,5,8,13H2,1H3,(H,24,28). The molecular formula is C22H19N5O3. The zero-order chi connectivity index (χ0) is 20.5. The monoisotopic (exact) mass is 401 g/mol. The summed E-state index contributed by atoms with van der Waals surface area (Å²) in [5.41, 5.74) is 2.52. The van der Waals surface area contributed by atoms with Gasteiger partial charge in [0.15, 0.2) is 5.82 Å². The second-order valence-electron chi connectivity index (χ2n) is 6.97. The van der Waals surface area contributed by atoms with Crippen molar-refractivity contribution in [2.24, 2.45) is 0 Å². The molecule has 0 spiro atoms. The zero-order valence-electron chi connectivity index (χ0n) is 16.3. The number of ether oxygens (including phenoxy) is 2. The second kappa shape index (κ2) is 7.47. The van der Waals surface area contributed by atoms with Crippen molar-refractivity contribution in [2.75, 3.05) is 7.11 Å². The fourth-order valence-electron chi connectivity index (χ4n) is 3.58. The van der Waals surface area contributed by atoms with E-state index in [1.54, 1.807) is 19.4 Å². The van der Waals surface area contributed by atoms with Crippen LogP contribution in [0.2, 0.25) is 0 Å². The van der Waals surface area contributed by atoms with Gasteiger partial charge < -0.3 is 14.5 Å². The number of hydrogen-bond acceptors (Lipinski definition) is 6. The first-order valence-corrected chi connectivity index (χ1v) is 9.60. The topological polar surface area (TPSA) is 94.9 Å². The smallest absolute Gasteiger partial charge is 0.248 e. The highest BCUT2D eigenvalue weighted by Crippen LogP contribution is 2.29. The number of benzene rings is 1. The number of nitrogens with one attached hydrogen (secondary N) is 1. The highest BCUT2D eigenvalue weighted by Gasteiger charge is 2.18. The van der Waals surface area contributed by atoms with Crippen molar-refractivity contribution in [3.05, 3.63) is 76.4 Å². The number of rotatable bonds is 5. The summed E-state index contributed by atoms with van der Waals surface area (Å²) < 4.78 is 13.3. The van der Waals surface area contributed by atoms with E-state index in [0.29, 0.717) is 11.6 Å². The molecule has 8 heteroatoms. The van der Waals surface area contributed by atoms with Gasteiger partial charge in [-0.25, -0.2) is 0 Å². The predicted molar refractivity (Wildman–Crippen MR) is 112 cm³/mol. The van der Waals surface area contributed by atoms with E-state index in [2.05, 4.69) is 20.2 Å². The predicted octanol–water partition coefficient (Wildman–Crippen LogP) is 3.05. The molecule has 1 N–H and O–H groups in total. The van der Waals surface area contributed by atoms with E-state index in [9.17, 15) is 4.79 Å². The van der Waals surface area contributed by atoms with Crippen molar-refractivity contribution in [3.63, 3.8) is 0 Å². The molecule has 1 aliphatic heterocycles. The van der Waals surface area contributed by atoms with Crippen molar-refractivity contribution in [2.45, 2.75) is 19.4 Å². The summed E-state index contributed by atoms with van der Waals surface area (Å²) in [6.07, 6.45) is 5.21. The maximum absolute atomic E-state index is 11.7. The Kier molecular flexibility index (Phi) is 4.51. The molecule has 4 aromatic rings. The Bertz CT molecular complexity index is 1320. The first-order chi connectivity index (χ1) is 14.7. The number of aromatic amines is 1. The van der Waals surface area contributed by atoms with E-state index in [0.717, 1.165) is 46.6 Å². The van der Waals surface area contributed by atoms with Crippen molar-refractivity contribution in [1.82, 2.24) is 24.7 Å². The number of allylic oxidation sites excluding steroid dienone is 1. The van der Waals surface area contributed by atoms with Gasteiger partial charge in [0.1, 0.15) is 23.9 Å². The molecular weight excluding hydrogens is 382 g/mol. The van der Waals surface area contributed by atoms with Gasteiger partial charge in [-0.2, -0.15) is 0 Å². The van der Waals surface area contributed by atoms with Gasteiger partial charge in [0, 0.05) is 42.0 Å². The van der Waals surface area contributed by atoms with E-state index < -0.39 is 0 Å². The number of aryl methyl sites for hydroxylation is 1. The summed E-state index contributed by atoms with van der Waals surface area (Å²) in [4.78, 5) is 18.9. The maximum atomic E-state index is 11.7. The van der Waals surface area contributed by atoms with Crippen LogP contribution in [0.25, 0.3) is 22.7 Å². The quantitative estimate of drug-likeness (QED) is 0.552. The fraction of sp³-hybridized carbons (Fsp3) is 0.182. The minimum atomic E-state index is -0.118. The van der Waals surface area contributed by atoms with Gasteiger partial charge in [-0.1, -0.05) is 6.07 Å². The number of hydrogen-bond donors (Lipinski definition) is 1. The van der Waals surface area contributed by atoms with Crippen LogP contribution < -0.4 is 15.0 Å². The van der Waals surface area contributed by atoms with Gasteiger partial charge in [0.25, 0.3) is 0 Å². The van der Waals surface area contributed by atoms with Crippen LogP contribution in [0.5, 0.6) is 11.5 Å². The second-order valence-corrected chi connectivity index (χ2v) is 6.97. The lowest BCUT2D eigenvalue weighted by atomic mass is 10.0. The van der Waals surface area contributed by atoms with Crippen molar-refractivity contribution in [3.8, 4) is 11.5 Å². The van der Waals surface area contributed by atoms with Gasteiger partial charge in [-0.3, -0.25) is 14.3 Å². The first-order valence-electron chi connectivity index (χ1n) is 9.60. The number of pyridine rings is 2. The van der Waals surface area contributed by atoms with Crippen LogP contribution in [0.3, 0.4) is 0 Å². The number of methoxy groups -OCH3 is 1. The number of aromatic nitrogens is 5. The normalized spacial score (nSPS) is 13.0. The van der Waals surface area contributed by atoms with Crippen LogP contribution in [0.4, 0.5) is 0 Å². The molecule has 0 unspecified atom stereocenters. The molecule has 3 aromatic heterocycles. The minimum Gasteiger partial charge on any atom is -0.497 e. The molecule has 4 heterocycles. The number of nitrogens with zero attached hydrogens (tertiary/aromatic N) is 4. The van der Waals surface area contributed by atoms with Crippen LogP contribution in [-0.2, 0) is 13.0 Å². The molecule has 0 aliphatic carbocycles. The lowest BCUT2D eigenvalue weighted by molar-refractivity contribution is 0.297. The average molecular weight is 401 g/mol. The minimum absolute atomic E-state index is 0.118. The summed E-state index contributed by atoms with van der Waals surface area (Å²) in [7, 11) is 1.63. The van der Waals surface area contributed by atoms with Crippen molar-refractivity contribution >= 4 is 22.7 Å². The van der Waals surface area contributed by atoms with E-state index in [1.807, 2.05) is 41.1 Å². The molecule has 0 saturated carbocycles. The van der Waals surface area contributed by atoms with Crippen LogP contribution in [0.15, 0.2) is 53.5 Å². The molecule has 1 aliphatic rings. The van der Waals surface area contributed by atoms with Crippen molar-refractivity contribution in [1.29, 1.82) is 0 Å². The van der Waals surface area contributed by atoms with Gasteiger partial charge in [-0.05, 0) is 36.3 Å². The SMILES string of the molecule is COc1ccc2c(OCc3nnc4n3C=C(c3cccc(=O)[nH]3)CC4)ccnc2c1. The molecule has 1 aromatic carbocycles. The van der Waals surface area contributed by atoms with E-state index >= 15 is 0 Å². The molecule has 150 valence electrons. The summed E-state index contributed by atoms with van der Waals surface area (Å²) in [5.74, 6) is 3.03. The van der Waals surface area contributed by atoms with Gasteiger partial charge in [0.2, 0.25) is 5.56 Å². The fourth-order valence-corrected chi connectivity index (χ4v) is 3.58. The van der Waals surface area contributed by atoms with E-state index in [1.165, 1.54) is 6.07 Å². The lowest BCUT2D eigenvalue weighted by Gasteiger charge is -2.16. The molecule has 0 saturated heterocycles. The largest absolute Gasteiger partial charge is 0.497 e. The Morgan fingerprint density at radius 2 is 2.07 bits per heavy atom. The van der Waals surface area contributed by atoms with E-state index in [4.69, 9.17) is 9.47 Å². The average Bonchev–Trinajstić information content (AvgIpc) is 3.19. The molecule has 0 amide bonds. The summed E-state index contributed by atoms with van der Waals surface area (Å²) in [5, 5.41) is 9.49. The highest BCUT2D eigenvalue weighted by atomic mass is 16.5. The third-order valence-electron chi connectivity index (χ3n) is 5.12. The number of H-pyrrole nitrogens is 1. The third kappa shape index (κ3) is 3.32. The van der Waals surface area contributed by atoms with E-state index in [-0.39, 0.29) is 12.2 Å². The molecule has 8 nitrogen and oxygen atoms in total. The summed E-state index contributed by atoms with van der Waals surface area (Å²) in [6.45, 7) is 0.257. The van der Waals surface area contributed by atoms with Gasteiger partial charge >= 0.3 is 0 Å². The van der Waals surface area contributed by atoms with Crippen molar-refractivity contribution < 1.29 is 9.47 Å². The maximum Gasteiger partial charge on any atom is 0.248 e. The van der Waals surface area contributed by atoms with Gasteiger partial charge in [0.05, 0.1) is 12.6 Å². The highest BCUT2D eigenvalue weighted by molar-refractivity contribution is 5.86. The summed E-state index contributed by atoms with van der Waals surface area (Å²) >= 11 is 0. The van der Waals surface area contributed by atoms with Crippen LogP contribution >= 0.6 is 0 Å². The zero-order valence-corrected chi connectivity index (χ0v) is 16.3. The Labute approximate surface area is 171 Å². The molecule has 5 rings (SSSR count). The first kappa shape index (κ1) is 18.1. The summed E-state index contributed by atoms with van der Waals surface area (Å²) in [6, 6.07) is 12.7. The van der Waals surface area contributed by atoms with Crippen LogP contribution in [0, 0.1) is 0 Å². The molecule has 30 heavy (non-hydrogen) atoms. The molecule has 0 radical (unpaired) electrons. The lowest BCUT2D eigenvalue weighted by Crippen LogP contribution is -2.12. The van der Waals surface area contributed by atoms with Gasteiger partial charge in [-0.15, -0.1) is 10.2 Å². The number of fused-ring (bicyclic) bond motifs is 2. The molecule has 0 bridgehead atoms. The Morgan fingerprint density at radius 1 is 1.13 bits per heavy atom.